The molecular formula is C14H19Cl2FN2O. The van der Waals surface area contributed by atoms with Gasteiger partial charge in [0.25, 0.3) is 0 Å². The van der Waals surface area contributed by atoms with E-state index in [-0.39, 0.29) is 30.0 Å². The third kappa shape index (κ3) is 4.33. The summed E-state index contributed by atoms with van der Waals surface area (Å²) < 4.78 is 13.0. The zero-order valence-electron chi connectivity index (χ0n) is 11.4. The van der Waals surface area contributed by atoms with Crippen LogP contribution in [-0.2, 0) is 11.3 Å². The number of hydrogen-bond acceptors (Lipinski definition) is 2. The summed E-state index contributed by atoms with van der Waals surface area (Å²) in [6, 6.07) is 4.26. The van der Waals surface area contributed by atoms with E-state index in [1.807, 2.05) is 0 Å². The Bertz CT molecular complexity index is 464. The maximum atomic E-state index is 13.0. The molecule has 1 aromatic rings. The third-order valence-corrected chi connectivity index (χ3v) is 3.80. The summed E-state index contributed by atoms with van der Waals surface area (Å²) in [6.45, 7) is 2.13. The highest BCUT2D eigenvalue weighted by molar-refractivity contribution is 6.31. The van der Waals surface area contributed by atoms with Crippen molar-refractivity contribution in [3.8, 4) is 0 Å². The fourth-order valence-electron chi connectivity index (χ4n) is 2.36. The number of piperidine rings is 1. The molecule has 1 heterocycles. The van der Waals surface area contributed by atoms with E-state index in [0.29, 0.717) is 11.6 Å². The molecule has 1 aliphatic rings. The van der Waals surface area contributed by atoms with E-state index < -0.39 is 0 Å². The van der Waals surface area contributed by atoms with E-state index in [9.17, 15) is 9.18 Å². The average Bonchev–Trinajstić information content (AvgIpc) is 2.42. The number of amides is 1. The minimum Gasteiger partial charge on any atom is -0.341 e. The predicted molar refractivity (Wildman–Crippen MR) is 80.7 cm³/mol. The van der Waals surface area contributed by atoms with Crippen LogP contribution in [0.5, 0.6) is 0 Å². The van der Waals surface area contributed by atoms with Crippen molar-refractivity contribution in [2.24, 2.45) is 5.92 Å². The Labute approximate surface area is 129 Å². The Hall–Kier alpha value is -0.840. The van der Waals surface area contributed by atoms with Gasteiger partial charge in [0.2, 0.25) is 5.91 Å². The number of benzene rings is 1. The van der Waals surface area contributed by atoms with Gasteiger partial charge in [0.05, 0.1) is 5.92 Å². The van der Waals surface area contributed by atoms with Crippen LogP contribution >= 0.6 is 24.0 Å². The topological polar surface area (TPSA) is 32.3 Å². The van der Waals surface area contributed by atoms with Crippen LogP contribution in [0.15, 0.2) is 18.2 Å². The normalized spacial score (nSPS) is 18.2. The fourth-order valence-corrected chi connectivity index (χ4v) is 2.58. The molecular weight excluding hydrogens is 302 g/mol. The van der Waals surface area contributed by atoms with E-state index in [4.69, 9.17) is 11.6 Å². The molecule has 1 unspecified atom stereocenters. The molecule has 1 aliphatic heterocycles. The minimum absolute atomic E-state index is 0. The van der Waals surface area contributed by atoms with Gasteiger partial charge >= 0.3 is 0 Å². The van der Waals surface area contributed by atoms with Gasteiger partial charge in [-0.15, -0.1) is 12.4 Å². The maximum absolute atomic E-state index is 13.0. The molecule has 6 heteroatoms. The van der Waals surface area contributed by atoms with Crippen LogP contribution in [0.2, 0.25) is 5.02 Å². The van der Waals surface area contributed by atoms with E-state index in [1.54, 1.807) is 18.0 Å². The van der Waals surface area contributed by atoms with Crippen molar-refractivity contribution in [3.05, 3.63) is 34.6 Å². The van der Waals surface area contributed by atoms with Gasteiger partial charge in [-0.3, -0.25) is 4.79 Å². The summed E-state index contributed by atoms with van der Waals surface area (Å²) >= 11 is 5.97. The summed E-state index contributed by atoms with van der Waals surface area (Å²) in [5, 5.41) is 3.59. The minimum atomic E-state index is -0.362. The van der Waals surface area contributed by atoms with E-state index >= 15 is 0 Å². The number of nitrogens with one attached hydrogen (secondary N) is 1. The first kappa shape index (κ1) is 17.2. The molecule has 1 N–H and O–H groups in total. The molecule has 1 atom stereocenters. The maximum Gasteiger partial charge on any atom is 0.227 e. The van der Waals surface area contributed by atoms with Crippen LogP contribution in [-0.4, -0.2) is 30.9 Å². The quantitative estimate of drug-likeness (QED) is 0.928. The number of carbonyl (C=O) groups excluding carboxylic acids is 1. The number of carbonyl (C=O) groups is 1. The fraction of sp³-hybridized carbons (Fsp3) is 0.500. The highest BCUT2D eigenvalue weighted by Crippen LogP contribution is 2.20. The van der Waals surface area contributed by atoms with Crippen molar-refractivity contribution >= 4 is 29.9 Å². The van der Waals surface area contributed by atoms with Crippen LogP contribution in [0.4, 0.5) is 4.39 Å². The molecule has 0 spiro atoms. The molecule has 1 fully saturated rings. The second-order valence-corrected chi connectivity index (χ2v) is 5.38. The van der Waals surface area contributed by atoms with Crippen molar-refractivity contribution in [1.82, 2.24) is 10.2 Å². The van der Waals surface area contributed by atoms with Crippen LogP contribution in [0.25, 0.3) is 0 Å². The lowest BCUT2D eigenvalue weighted by Crippen LogP contribution is -2.41. The Morgan fingerprint density at radius 1 is 1.55 bits per heavy atom. The van der Waals surface area contributed by atoms with Gasteiger partial charge < -0.3 is 10.2 Å². The van der Waals surface area contributed by atoms with Gasteiger partial charge in [-0.05, 0) is 37.1 Å². The monoisotopic (exact) mass is 320 g/mol. The van der Waals surface area contributed by atoms with Crippen molar-refractivity contribution in [3.63, 3.8) is 0 Å². The molecule has 3 nitrogen and oxygen atoms in total. The van der Waals surface area contributed by atoms with Crippen molar-refractivity contribution in [2.75, 3.05) is 20.1 Å². The largest absolute Gasteiger partial charge is 0.341 e. The smallest absolute Gasteiger partial charge is 0.227 e. The molecule has 0 radical (unpaired) electrons. The molecule has 0 saturated carbocycles. The van der Waals surface area contributed by atoms with Crippen LogP contribution in [0.3, 0.4) is 0 Å². The highest BCUT2D eigenvalue weighted by Gasteiger charge is 2.24. The first-order valence-corrected chi connectivity index (χ1v) is 6.85. The number of halogens is 3. The zero-order chi connectivity index (χ0) is 13.8. The Morgan fingerprint density at radius 3 is 2.90 bits per heavy atom. The molecule has 1 saturated heterocycles. The lowest BCUT2D eigenvalue weighted by Gasteiger charge is -2.27. The van der Waals surface area contributed by atoms with Gasteiger partial charge in [-0.1, -0.05) is 17.7 Å². The Morgan fingerprint density at radius 2 is 2.30 bits per heavy atom. The van der Waals surface area contributed by atoms with Crippen LogP contribution in [0.1, 0.15) is 18.4 Å². The lowest BCUT2D eigenvalue weighted by atomic mass is 9.98. The number of hydrogen-bond donors (Lipinski definition) is 1. The lowest BCUT2D eigenvalue weighted by molar-refractivity contribution is -0.135. The first-order valence-electron chi connectivity index (χ1n) is 6.47. The van der Waals surface area contributed by atoms with Gasteiger partial charge in [-0.2, -0.15) is 0 Å². The number of nitrogens with zero attached hydrogens (tertiary/aromatic N) is 1. The van der Waals surface area contributed by atoms with Crippen LogP contribution < -0.4 is 5.32 Å². The molecule has 2 rings (SSSR count). The summed E-state index contributed by atoms with van der Waals surface area (Å²) in [5.41, 5.74) is 0.766. The van der Waals surface area contributed by atoms with Crippen molar-refractivity contribution in [2.45, 2.75) is 19.4 Å². The summed E-state index contributed by atoms with van der Waals surface area (Å²) in [5.74, 6) is -0.204. The van der Waals surface area contributed by atoms with Gasteiger partial charge in [0.1, 0.15) is 5.82 Å². The van der Waals surface area contributed by atoms with Gasteiger partial charge in [-0.25, -0.2) is 4.39 Å². The van der Waals surface area contributed by atoms with Crippen molar-refractivity contribution in [1.29, 1.82) is 0 Å². The van der Waals surface area contributed by atoms with Crippen LogP contribution in [0, 0.1) is 11.7 Å². The van der Waals surface area contributed by atoms with E-state index in [0.717, 1.165) is 31.5 Å². The number of rotatable bonds is 3. The highest BCUT2D eigenvalue weighted by atomic mass is 35.5. The predicted octanol–water partition coefficient (Wildman–Crippen LogP) is 2.86. The van der Waals surface area contributed by atoms with Crippen molar-refractivity contribution < 1.29 is 9.18 Å². The molecule has 0 aromatic heterocycles. The third-order valence-electron chi connectivity index (χ3n) is 3.44. The Kier molecular flexibility index (Phi) is 6.72. The first-order chi connectivity index (χ1) is 9.08. The van der Waals surface area contributed by atoms with Gasteiger partial charge in [0.15, 0.2) is 0 Å². The Balaban J connectivity index is 0.00000200. The molecule has 1 aromatic carbocycles. The molecule has 112 valence electrons. The molecule has 20 heavy (non-hydrogen) atoms. The summed E-state index contributed by atoms with van der Waals surface area (Å²) in [7, 11) is 1.76. The summed E-state index contributed by atoms with van der Waals surface area (Å²) in [6.07, 6.45) is 1.95. The average molecular weight is 321 g/mol. The standard InChI is InChI=1S/C14H18ClFN2O.ClH/c1-18(14(19)10-3-2-6-17-8-10)9-11-4-5-12(16)7-13(11)15;/h4-5,7,10,17H,2-3,6,8-9H2,1H3;1H. The molecule has 0 aliphatic carbocycles. The zero-order valence-corrected chi connectivity index (χ0v) is 12.9. The molecule has 0 bridgehead atoms. The summed E-state index contributed by atoms with van der Waals surface area (Å²) in [4.78, 5) is 13.9. The van der Waals surface area contributed by atoms with E-state index in [2.05, 4.69) is 5.32 Å². The second-order valence-electron chi connectivity index (χ2n) is 4.97. The van der Waals surface area contributed by atoms with Gasteiger partial charge in [0, 0.05) is 25.2 Å². The molecule has 1 amide bonds. The van der Waals surface area contributed by atoms with E-state index in [1.165, 1.54) is 12.1 Å². The SMILES string of the molecule is CN(Cc1ccc(F)cc1Cl)C(=O)C1CCCNC1.Cl. The second kappa shape index (κ2) is 7.81.